The molecule has 0 unspecified atom stereocenters. The third-order valence-corrected chi connectivity index (χ3v) is 4.06. The van der Waals surface area contributed by atoms with E-state index in [-0.39, 0.29) is 0 Å². The first-order valence-electron chi connectivity index (χ1n) is 7.86. The van der Waals surface area contributed by atoms with Gasteiger partial charge >= 0.3 is 0 Å². The molecule has 120 valence electrons. The highest BCUT2D eigenvalue weighted by atomic mass is 16.4. The molecule has 6 heteroatoms. The van der Waals surface area contributed by atoms with Gasteiger partial charge in [0.05, 0.1) is 5.69 Å². The molecule has 0 bridgehead atoms. The molecule has 0 aliphatic carbocycles. The smallest absolute Gasteiger partial charge is 0.229 e. The lowest BCUT2D eigenvalue weighted by molar-refractivity contribution is 0.619. The second-order valence-electron chi connectivity index (χ2n) is 5.70. The van der Waals surface area contributed by atoms with Gasteiger partial charge in [0.15, 0.2) is 11.5 Å². The average molecular weight is 327 g/mol. The van der Waals surface area contributed by atoms with Gasteiger partial charge in [0.1, 0.15) is 0 Å². The quantitative estimate of drug-likeness (QED) is 0.533. The Kier molecular flexibility index (Phi) is 2.84. The van der Waals surface area contributed by atoms with Crippen LogP contribution in [0.25, 0.3) is 39.6 Å². The second kappa shape index (κ2) is 5.17. The molecule has 0 fully saturated rings. The Morgan fingerprint density at radius 3 is 2.24 bits per heavy atom. The molecule has 5 aromatic rings. The number of rotatable bonds is 2. The molecular formula is C19H13N5O. The number of hydrogen-bond acceptors (Lipinski definition) is 5. The summed E-state index contributed by atoms with van der Waals surface area (Å²) < 4.78 is 7.52. The van der Waals surface area contributed by atoms with Crippen LogP contribution in [0.4, 0.5) is 5.82 Å². The number of aromatic nitrogens is 4. The summed E-state index contributed by atoms with van der Waals surface area (Å²) in [4.78, 5) is 8.99. The molecule has 5 rings (SSSR count). The topological polar surface area (TPSA) is 82.2 Å². The lowest BCUT2D eigenvalue weighted by atomic mass is 10.2. The van der Waals surface area contributed by atoms with Crippen molar-refractivity contribution in [2.45, 2.75) is 0 Å². The molecule has 0 spiro atoms. The first kappa shape index (κ1) is 13.7. The highest BCUT2D eigenvalue weighted by molar-refractivity contribution is 5.85. The van der Waals surface area contributed by atoms with Gasteiger partial charge in [-0.05, 0) is 12.1 Å². The summed E-state index contributed by atoms with van der Waals surface area (Å²) in [5.74, 6) is 0.796. The van der Waals surface area contributed by atoms with Crippen LogP contribution in [0.15, 0.2) is 71.1 Å². The van der Waals surface area contributed by atoms with Crippen LogP contribution in [0, 0.1) is 0 Å². The number of nitrogens with zero attached hydrogens (tertiary/aromatic N) is 4. The van der Waals surface area contributed by atoms with Crippen LogP contribution < -0.4 is 5.73 Å². The van der Waals surface area contributed by atoms with Crippen LogP contribution in [-0.2, 0) is 0 Å². The molecule has 0 amide bonds. The lowest BCUT2D eigenvalue weighted by Crippen LogP contribution is -1.98. The van der Waals surface area contributed by atoms with E-state index in [9.17, 15) is 0 Å². The van der Waals surface area contributed by atoms with Crippen molar-refractivity contribution in [1.29, 1.82) is 0 Å². The Balaban J connectivity index is 1.77. The Hall–Kier alpha value is -3.67. The first-order valence-corrected chi connectivity index (χ1v) is 7.86. The lowest BCUT2D eigenvalue weighted by Gasteiger charge is -1.95. The number of fused-ring (bicyclic) bond motifs is 3. The van der Waals surface area contributed by atoms with Crippen molar-refractivity contribution in [3.8, 4) is 22.7 Å². The summed E-state index contributed by atoms with van der Waals surface area (Å²) in [6.07, 6.45) is 0. The molecule has 0 aliphatic rings. The predicted octanol–water partition coefficient (Wildman–Crippen LogP) is 3.79. The van der Waals surface area contributed by atoms with Gasteiger partial charge in [0.2, 0.25) is 17.1 Å². The predicted molar refractivity (Wildman–Crippen MR) is 95.8 cm³/mol. The fourth-order valence-corrected chi connectivity index (χ4v) is 2.86. The van der Waals surface area contributed by atoms with E-state index in [0.717, 1.165) is 16.8 Å². The maximum absolute atomic E-state index is 6.08. The summed E-state index contributed by atoms with van der Waals surface area (Å²) in [7, 11) is 0. The molecule has 0 saturated heterocycles. The van der Waals surface area contributed by atoms with E-state index in [4.69, 9.17) is 10.2 Å². The number of hydrogen-bond donors (Lipinski definition) is 1. The molecule has 3 aromatic heterocycles. The van der Waals surface area contributed by atoms with E-state index in [0.29, 0.717) is 28.6 Å². The van der Waals surface area contributed by atoms with Crippen LogP contribution in [-0.4, -0.2) is 19.6 Å². The monoisotopic (exact) mass is 327 g/mol. The third kappa shape index (κ3) is 2.15. The van der Waals surface area contributed by atoms with Crippen LogP contribution in [0.2, 0.25) is 0 Å². The molecule has 0 aliphatic heterocycles. The zero-order valence-electron chi connectivity index (χ0n) is 13.1. The molecule has 0 saturated carbocycles. The number of nitrogen functional groups attached to an aromatic ring is 1. The number of oxazole rings is 1. The minimum absolute atomic E-state index is 0.302. The normalized spacial score (nSPS) is 11.4. The summed E-state index contributed by atoms with van der Waals surface area (Å²) in [6, 6.07) is 21.5. The van der Waals surface area contributed by atoms with Gasteiger partial charge in [-0.3, -0.25) is 0 Å². The van der Waals surface area contributed by atoms with Gasteiger partial charge in [-0.2, -0.15) is 14.6 Å². The van der Waals surface area contributed by atoms with E-state index >= 15 is 0 Å². The summed E-state index contributed by atoms with van der Waals surface area (Å²) in [5, 5.41) is 4.64. The van der Waals surface area contributed by atoms with Crippen LogP contribution in [0.1, 0.15) is 0 Å². The molecule has 3 heterocycles. The van der Waals surface area contributed by atoms with Crippen molar-refractivity contribution in [3.63, 3.8) is 0 Å². The molecule has 2 N–H and O–H groups in total. The SMILES string of the molecule is Nc1nc2cc(-c3ccccc3)nn2c2nc(-c3ccccc3)oc12. The second-order valence-corrected chi connectivity index (χ2v) is 5.70. The zero-order chi connectivity index (χ0) is 16.8. The van der Waals surface area contributed by atoms with Crippen molar-refractivity contribution < 1.29 is 4.42 Å². The molecular weight excluding hydrogens is 314 g/mol. The minimum atomic E-state index is 0.302. The molecule has 25 heavy (non-hydrogen) atoms. The summed E-state index contributed by atoms with van der Waals surface area (Å²) in [6.45, 7) is 0. The number of anilines is 1. The maximum Gasteiger partial charge on any atom is 0.229 e. The van der Waals surface area contributed by atoms with Gasteiger partial charge in [-0.25, -0.2) is 4.98 Å². The van der Waals surface area contributed by atoms with Crippen LogP contribution in [0.5, 0.6) is 0 Å². The molecule has 2 aromatic carbocycles. The van der Waals surface area contributed by atoms with Crippen molar-refractivity contribution in [2.75, 3.05) is 5.73 Å². The van der Waals surface area contributed by atoms with E-state index < -0.39 is 0 Å². The average Bonchev–Trinajstić information content (AvgIpc) is 3.28. The van der Waals surface area contributed by atoms with E-state index in [2.05, 4.69) is 15.1 Å². The van der Waals surface area contributed by atoms with E-state index in [1.165, 1.54) is 0 Å². The summed E-state index contributed by atoms with van der Waals surface area (Å²) in [5.41, 5.74) is 10.4. The Bertz CT molecular complexity index is 1190. The van der Waals surface area contributed by atoms with E-state index in [1.54, 1.807) is 4.52 Å². The highest BCUT2D eigenvalue weighted by Crippen LogP contribution is 2.29. The van der Waals surface area contributed by atoms with Gasteiger partial charge in [0, 0.05) is 17.2 Å². The Morgan fingerprint density at radius 2 is 1.52 bits per heavy atom. The van der Waals surface area contributed by atoms with Gasteiger partial charge in [-0.1, -0.05) is 48.5 Å². The fraction of sp³-hybridized carbons (Fsp3) is 0. The summed E-state index contributed by atoms with van der Waals surface area (Å²) >= 11 is 0. The van der Waals surface area contributed by atoms with Crippen molar-refractivity contribution >= 4 is 22.7 Å². The highest BCUT2D eigenvalue weighted by Gasteiger charge is 2.17. The molecule has 0 atom stereocenters. The van der Waals surface area contributed by atoms with Crippen molar-refractivity contribution in [2.24, 2.45) is 0 Å². The Morgan fingerprint density at radius 1 is 0.840 bits per heavy atom. The maximum atomic E-state index is 6.08. The zero-order valence-corrected chi connectivity index (χ0v) is 13.1. The largest absolute Gasteiger partial charge is 0.430 e. The van der Waals surface area contributed by atoms with Gasteiger partial charge in [-0.15, -0.1) is 0 Å². The molecule has 0 radical (unpaired) electrons. The van der Waals surface area contributed by atoms with Crippen LogP contribution >= 0.6 is 0 Å². The van der Waals surface area contributed by atoms with Crippen molar-refractivity contribution in [3.05, 3.63) is 66.7 Å². The number of benzene rings is 2. The Labute approximate surface area is 142 Å². The molecule has 6 nitrogen and oxygen atoms in total. The minimum Gasteiger partial charge on any atom is -0.430 e. The van der Waals surface area contributed by atoms with Crippen molar-refractivity contribution in [1.82, 2.24) is 19.6 Å². The van der Waals surface area contributed by atoms with Gasteiger partial charge in [0.25, 0.3) is 0 Å². The van der Waals surface area contributed by atoms with E-state index in [1.807, 2.05) is 66.7 Å². The number of nitrogens with two attached hydrogens (primary N) is 1. The standard InChI is InChI=1S/C19H13N5O/c20-17-16-18(22-19(25-16)13-9-5-2-6-10-13)24-15(21-17)11-14(23-24)12-7-3-1-4-8-12/h1-11H,(H2,20,21). The third-order valence-electron chi connectivity index (χ3n) is 4.06. The van der Waals surface area contributed by atoms with Crippen LogP contribution in [0.3, 0.4) is 0 Å². The van der Waals surface area contributed by atoms with Gasteiger partial charge < -0.3 is 10.2 Å². The fourth-order valence-electron chi connectivity index (χ4n) is 2.86. The first-order chi connectivity index (χ1) is 12.3.